The van der Waals surface area contributed by atoms with Gasteiger partial charge in [-0.15, -0.1) is 0 Å². The lowest BCUT2D eigenvalue weighted by Gasteiger charge is -2.02. The van der Waals surface area contributed by atoms with Crippen molar-refractivity contribution in [3.8, 4) is 11.5 Å². The normalized spacial score (nSPS) is 13.6. The number of fused-ring (bicyclic) bond motifs is 1. The average Bonchev–Trinajstić information content (AvgIpc) is 2.54. The molecule has 2 rings (SSSR count). The monoisotopic (exact) mass is 210 g/mol. The molecule has 0 bridgehead atoms. The van der Waals surface area contributed by atoms with Crippen LogP contribution in [0.15, 0.2) is 0 Å². The Bertz CT molecular complexity index is 373. The van der Waals surface area contributed by atoms with Crippen LogP contribution < -0.4 is 9.31 Å². The van der Waals surface area contributed by atoms with Crippen molar-refractivity contribution in [1.29, 1.82) is 0 Å². The maximum atomic E-state index is 12.8. The molecule has 0 atom stereocenters. The topological polar surface area (TPSA) is 18.5 Å². The van der Waals surface area contributed by atoms with Gasteiger partial charge in [-0.2, -0.15) is 8.78 Å². The van der Waals surface area contributed by atoms with E-state index in [0.29, 0.717) is 0 Å². The molecule has 0 radical (unpaired) electrons. The molecule has 0 saturated carbocycles. The molecule has 0 fully saturated rings. The molecule has 1 aromatic rings. The van der Waals surface area contributed by atoms with E-state index in [-0.39, 0.29) is 0 Å². The molecule has 0 aromatic heterocycles. The number of hydrogen-bond acceptors (Lipinski definition) is 2. The zero-order chi connectivity index (χ0) is 10.5. The maximum absolute atomic E-state index is 12.8. The van der Waals surface area contributed by atoms with Crippen molar-refractivity contribution >= 4 is 7.40 Å². The summed E-state index contributed by atoms with van der Waals surface area (Å²) >= 11 is 0. The first-order valence-electron chi connectivity index (χ1n) is 3.35. The Balaban J connectivity index is 2.70. The molecule has 0 N–H and O–H groups in total. The van der Waals surface area contributed by atoms with Gasteiger partial charge in [0, 0.05) is 0 Å². The summed E-state index contributed by atoms with van der Waals surface area (Å²) in [6.45, 7) is 0. The van der Waals surface area contributed by atoms with E-state index in [9.17, 15) is 21.9 Å². The molecule has 74 valence electrons. The van der Waals surface area contributed by atoms with Crippen molar-refractivity contribution in [2.75, 3.05) is 0 Å². The molecular formula is C6BF5O2. The first kappa shape index (κ1) is 9.10. The number of benzene rings is 1. The second-order valence-corrected chi connectivity index (χ2v) is 2.42. The molecule has 0 saturated heterocycles. The smallest absolute Gasteiger partial charge is 0.492 e. The van der Waals surface area contributed by atoms with Crippen molar-refractivity contribution in [2.45, 2.75) is 0 Å². The standard InChI is InChI=1S/C6BF5O2/c8-1-2(9)4(11)6-5(3(1)10)13-7(12)14-6. The lowest BCUT2D eigenvalue weighted by molar-refractivity contribution is 0.388. The molecule has 0 spiro atoms. The number of rotatable bonds is 0. The van der Waals surface area contributed by atoms with Gasteiger partial charge >= 0.3 is 7.40 Å². The van der Waals surface area contributed by atoms with Gasteiger partial charge in [0.25, 0.3) is 0 Å². The van der Waals surface area contributed by atoms with Crippen LogP contribution in [0.5, 0.6) is 11.5 Å². The van der Waals surface area contributed by atoms with Crippen LogP contribution >= 0.6 is 0 Å². The quantitative estimate of drug-likeness (QED) is 0.282. The van der Waals surface area contributed by atoms with Gasteiger partial charge in [-0.25, -0.2) is 13.1 Å². The molecule has 14 heavy (non-hydrogen) atoms. The Hall–Kier alpha value is -1.47. The zero-order valence-electron chi connectivity index (χ0n) is 6.28. The van der Waals surface area contributed by atoms with Gasteiger partial charge in [-0.3, -0.25) is 0 Å². The molecule has 0 unspecified atom stereocenters. The third kappa shape index (κ3) is 1.03. The van der Waals surface area contributed by atoms with Gasteiger partial charge in [0.1, 0.15) is 0 Å². The van der Waals surface area contributed by atoms with Crippen molar-refractivity contribution in [2.24, 2.45) is 0 Å². The van der Waals surface area contributed by atoms with Crippen molar-refractivity contribution in [1.82, 2.24) is 0 Å². The molecule has 2 nitrogen and oxygen atoms in total. The molecule has 0 amide bonds. The maximum Gasteiger partial charge on any atom is 0.830 e. The van der Waals surface area contributed by atoms with Gasteiger partial charge in [0.15, 0.2) is 11.5 Å². The molecule has 8 heteroatoms. The predicted octanol–water partition coefficient (Wildman–Crippen LogP) is 1.97. The van der Waals surface area contributed by atoms with Crippen LogP contribution in [-0.4, -0.2) is 7.40 Å². The molecule has 1 aliphatic heterocycles. The lowest BCUT2D eigenvalue weighted by atomic mass is 10.2. The molecule has 1 heterocycles. The summed E-state index contributed by atoms with van der Waals surface area (Å²) in [6, 6.07) is 0. The highest BCUT2D eigenvalue weighted by molar-refractivity contribution is 6.39. The van der Waals surface area contributed by atoms with Crippen LogP contribution in [0.1, 0.15) is 0 Å². The fraction of sp³-hybridized carbons (Fsp3) is 0. The Morgan fingerprint density at radius 2 is 1.07 bits per heavy atom. The largest absolute Gasteiger partial charge is 0.830 e. The van der Waals surface area contributed by atoms with Crippen LogP contribution in [0.25, 0.3) is 0 Å². The van der Waals surface area contributed by atoms with E-state index in [1.54, 1.807) is 0 Å². The van der Waals surface area contributed by atoms with Gasteiger partial charge in [0.05, 0.1) is 0 Å². The summed E-state index contributed by atoms with van der Waals surface area (Å²) in [4.78, 5) is 0. The second-order valence-electron chi connectivity index (χ2n) is 2.42. The highest BCUT2D eigenvalue weighted by Crippen LogP contribution is 2.41. The van der Waals surface area contributed by atoms with Crippen molar-refractivity contribution < 1.29 is 31.2 Å². The average molecular weight is 210 g/mol. The number of halogens is 5. The Morgan fingerprint density at radius 1 is 0.714 bits per heavy atom. The van der Waals surface area contributed by atoms with Crippen LogP contribution in [0.4, 0.5) is 21.9 Å². The third-order valence-corrected chi connectivity index (χ3v) is 1.60. The molecule has 0 aliphatic carbocycles. The SMILES string of the molecule is FB1Oc2c(F)c(F)c(F)c(F)c2O1. The van der Waals surface area contributed by atoms with Crippen LogP contribution in [0.2, 0.25) is 0 Å². The van der Waals surface area contributed by atoms with Crippen LogP contribution in [0, 0.1) is 23.3 Å². The van der Waals surface area contributed by atoms with E-state index < -0.39 is 42.2 Å². The Morgan fingerprint density at radius 3 is 1.43 bits per heavy atom. The van der Waals surface area contributed by atoms with Gasteiger partial charge in [-0.1, -0.05) is 0 Å². The van der Waals surface area contributed by atoms with E-state index in [0.717, 1.165) is 0 Å². The summed E-state index contributed by atoms with van der Waals surface area (Å²) in [6.07, 6.45) is 0. The van der Waals surface area contributed by atoms with Gasteiger partial charge in [0.2, 0.25) is 23.3 Å². The van der Waals surface area contributed by atoms with Crippen LogP contribution in [0.3, 0.4) is 0 Å². The fourth-order valence-corrected chi connectivity index (χ4v) is 1.01. The summed E-state index contributed by atoms with van der Waals surface area (Å²) in [7, 11) is -2.46. The van der Waals surface area contributed by atoms with Gasteiger partial charge in [-0.05, 0) is 0 Å². The Kier molecular flexibility index (Phi) is 1.80. The van der Waals surface area contributed by atoms with E-state index in [4.69, 9.17) is 0 Å². The van der Waals surface area contributed by atoms with E-state index in [1.807, 2.05) is 0 Å². The molecular weight excluding hydrogens is 210 g/mol. The summed E-state index contributed by atoms with van der Waals surface area (Å²) in [5.74, 6) is -9.99. The van der Waals surface area contributed by atoms with Gasteiger partial charge < -0.3 is 9.31 Å². The third-order valence-electron chi connectivity index (χ3n) is 1.60. The van der Waals surface area contributed by atoms with Crippen molar-refractivity contribution in [3.05, 3.63) is 23.3 Å². The predicted molar refractivity (Wildman–Crippen MR) is 34.4 cm³/mol. The highest BCUT2D eigenvalue weighted by Gasteiger charge is 2.41. The summed E-state index contributed by atoms with van der Waals surface area (Å²) in [5.41, 5.74) is 0. The zero-order valence-corrected chi connectivity index (χ0v) is 6.28. The van der Waals surface area contributed by atoms with Crippen molar-refractivity contribution in [3.63, 3.8) is 0 Å². The second kappa shape index (κ2) is 2.76. The summed E-state index contributed by atoms with van der Waals surface area (Å²) < 4.78 is 70.8. The van der Waals surface area contributed by atoms with E-state index in [2.05, 4.69) is 9.31 Å². The first-order chi connectivity index (χ1) is 6.52. The Labute approximate surface area is 74.4 Å². The molecule has 1 aliphatic rings. The lowest BCUT2D eigenvalue weighted by Crippen LogP contribution is -2.17. The number of hydrogen-bond donors (Lipinski definition) is 0. The first-order valence-corrected chi connectivity index (χ1v) is 3.35. The summed E-state index contributed by atoms with van der Waals surface area (Å²) in [5, 5.41) is 0. The van der Waals surface area contributed by atoms with E-state index in [1.165, 1.54) is 0 Å². The minimum absolute atomic E-state index is 1.10. The minimum Gasteiger partial charge on any atom is -0.492 e. The highest BCUT2D eigenvalue weighted by atomic mass is 19.2. The fourth-order valence-electron chi connectivity index (χ4n) is 1.01. The van der Waals surface area contributed by atoms with E-state index >= 15 is 0 Å². The minimum atomic E-state index is -2.46. The van der Waals surface area contributed by atoms with Crippen LogP contribution in [-0.2, 0) is 0 Å². The molecule has 1 aromatic carbocycles.